The van der Waals surface area contributed by atoms with E-state index >= 15 is 0 Å². The monoisotopic (exact) mass is 294 g/mol. The van der Waals surface area contributed by atoms with Gasteiger partial charge >= 0.3 is 0 Å². The normalized spacial score (nSPS) is 22.8. The van der Waals surface area contributed by atoms with Crippen molar-refractivity contribution >= 4 is 0 Å². The van der Waals surface area contributed by atoms with E-state index in [2.05, 4.69) is 10.3 Å². The number of hydrogen-bond donors (Lipinski definition) is 1. The molecular weight excluding hydrogens is 278 g/mol. The molecule has 0 amide bonds. The summed E-state index contributed by atoms with van der Waals surface area (Å²) >= 11 is 0. The van der Waals surface area contributed by atoms with Gasteiger partial charge in [0.25, 0.3) is 0 Å². The van der Waals surface area contributed by atoms with Crippen molar-refractivity contribution in [3.8, 4) is 0 Å². The Balaban J connectivity index is 1.67. The fourth-order valence-corrected chi connectivity index (χ4v) is 2.73. The molecule has 5 nitrogen and oxygen atoms in total. The maximum Gasteiger partial charge on any atom is 0.130 e. The molecule has 0 spiro atoms. The average Bonchev–Trinajstić information content (AvgIpc) is 3.05. The maximum atomic E-state index is 13.7. The number of rotatable bonds is 4. The van der Waals surface area contributed by atoms with Crippen LogP contribution in [-0.4, -0.2) is 43.7 Å². The molecule has 1 atom stereocenters. The Hall–Kier alpha value is -1.86. The van der Waals surface area contributed by atoms with Crippen LogP contribution in [0, 0.1) is 11.6 Å². The van der Waals surface area contributed by atoms with Gasteiger partial charge in [-0.3, -0.25) is 4.90 Å². The second kappa shape index (κ2) is 5.50. The van der Waals surface area contributed by atoms with Crippen molar-refractivity contribution in [3.63, 3.8) is 0 Å². The van der Waals surface area contributed by atoms with Crippen LogP contribution >= 0.6 is 0 Å². The quantitative estimate of drug-likeness (QED) is 0.920. The molecule has 7 heteroatoms. The van der Waals surface area contributed by atoms with Gasteiger partial charge in [0.2, 0.25) is 0 Å². The predicted molar refractivity (Wildman–Crippen MR) is 71.2 cm³/mol. The predicted octanol–water partition coefficient (Wildman–Crippen LogP) is 1.19. The zero-order chi connectivity index (χ0) is 14.9. The minimum atomic E-state index is -0.949. The zero-order valence-corrected chi connectivity index (χ0v) is 11.4. The Morgan fingerprint density at radius 1 is 1.29 bits per heavy atom. The van der Waals surface area contributed by atoms with Gasteiger partial charge in [0, 0.05) is 31.4 Å². The van der Waals surface area contributed by atoms with Crippen LogP contribution < -0.4 is 0 Å². The van der Waals surface area contributed by atoms with E-state index < -0.39 is 17.2 Å². The van der Waals surface area contributed by atoms with Crippen LogP contribution in [0.1, 0.15) is 12.0 Å². The molecule has 0 saturated carbocycles. The molecule has 1 aliphatic rings. The van der Waals surface area contributed by atoms with Gasteiger partial charge in [-0.05, 0) is 18.6 Å². The Morgan fingerprint density at radius 2 is 2.05 bits per heavy atom. The first kappa shape index (κ1) is 14.1. The Bertz CT molecular complexity index is 599. The van der Waals surface area contributed by atoms with Crippen LogP contribution in [0.3, 0.4) is 0 Å². The lowest BCUT2D eigenvalue weighted by Crippen LogP contribution is -2.37. The molecule has 2 aromatic rings. The molecule has 0 radical (unpaired) electrons. The maximum absolute atomic E-state index is 13.7. The number of benzene rings is 1. The molecule has 0 bridgehead atoms. The fourth-order valence-electron chi connectivity index (χ4n) is 2.73. The van der Waals surface area contributed by atoms with Gasteiger partial charge < -0.3 is 5.11 Å². The number of hydrogen-bond acceptors (Lipinski definition) is 4. The Kier molecular flexibility index (Phi) is 3.69. The van der Waals surface area contributed by atoms with E-state index in [0.717, 1.165) is 0 Å². The summed E-state index contributed by atoms with van der Waals surface area (Å²) in [4.78, 5) is 1.85. The lowest BCUT2D eigenvalue weighted by Gasteiger charge is -2.23. The first-order valence-electron chi connectivity index (χ1n) is 6.77. The zero-order valence-electron chi connectivity index (χ0n) is 11.4. The molecular formula is C14H16F2N4O. The van der Waals surface area contributed by atoms with E-state index in [1.54, 1.807) is 17.1 Å². The summed E-state index contributed by atoms with van der Waals surface area (Å²) in [6.07, 6.45) is 3.75. The molecule has 2 heterocycles. The minimum absolute atomic E-state index is 0.0440. The van der Waals surface area contributed by atoms with Crippen molar-refractivity contribution < 1.29 is 13.9 Å². The van der Waals surface area contributed by atoms with Gasteiger partial charge in [-0.15, -0.1) is 5.10 Å². The van der Waals surface area contributed by atoms with Crippen LogP contribution in [0.15, 0.2) is 30.6 Å². The molecule has 112 valence electrons. The summed E-state index contributed by atoms with van der Waals surface area (Å²) in [5.41, 5.74) is -0.905. The summed E-state index contributed by atoms with van der Waals surface area (Å²) in [6, 6.07) is 3.84. The number of nitrogens with zero attached hydrogens (tertiary/aromatic N) is 4. The highest BCUT2D eigenvalue weighted by atomic mass is 19.1. The van der Waals surface area contributed by atoms with E-state index in [9.17, 15) is 13.9 Å². The van der Waals surface area contributed by atoms with Gasteiger partial charge in [0.15, 0.2) is 0 Å². The average molecular weight is 294 g/mol. The molecule has 1 aromatic heterocycles. The van der Waals surface area contributed by atoms with Crippen molar-refractivity contribution in [2.45, 2.75) is 25.1 Å². The van der Waals surface area contributed by atoms with Gasteiger partial charge in [0.05, 0.1) is 18.3 Å². The SMILES string of the molecule is O[C@@]1(Cn2ccnn2)CCN(Cc2c(F)cccc2F)C1. The highest BCUT2D eigenvalue weighted by molar-refractivity contribution is 5.19. The van der Waals surface area contributed by atoms with Crippen LogP contribution in [-0.2, 0) is 13.1 Å². The molecule has 0 aliphatic carbocycles. The topological polar surface area (TPSA) is 54.2 Å². The van der Waals surface area contributed by atoms with E-state index in [-0.39, 0.29) is 12.1 Å². The second-order valence-corrected chi connectivity index (χ2v) is 5.49. The molecule has 1 saturated heterocycles. The third-order valence-corrected chi connectivity index (χ3v) is 3.78. The molecule has 21 heavy (non-hydrogen) atoms. The largest absolute Gasteiger partial charge is 0.387 e. The van der Waals surface area contributed by atoms with Gasteiger partial charge in [-0.1, -0.05) is 11.3 Å². The van der Waals surface area contributed by atoms with Crippen LogP contribution in [0.2, 0.25) is 0 Å². The minimum Gasteiger partial charge on any atom is -0.387 e. The smallest absolute Gasteiger partial charge is 0.130 e. The van der Waals surface area contributed by atoms with Gasteiger partial charge in [-0.2, -0.15) is 0 Å². The third kappa shape index (κ3) is 3.08. The number of halogens is 2. The molecule has 0 unspecified atom stereocenters. The van der Waals surface area contributed by atoms with E-state index in [1.165, 1.54) is 18.2 Å². The summed E-state index contributed by atoms with van der Waals surface area (Å²) in [7, 11) is 0. The van der Waals surface area contributed by atoms with Crippen molar-refractivity contribution in [2.24, 2.45) is 0 Å². The van der Waals surface area contributed by atoms with Crippen LogP contribution in [0.25, 0.3) is 0 Å². The van der Waals surface area contributed by atoms with E-state index in [1.807, 2.05) is 4.90 Å². The van der Waals surface area contributed by atoms with Crippen molar-refractivity contribution in [1.82, 2.24) is 19.9 Å². The fraction of sp³-hybridized carbons (Fsp3) is 0.429. The lowest BCUT2D eigenvalue weighted by atomic mass is 10.0. The second-order valence-electron chi connectivity index (χ2n) is 5.49. The molecule has 1 aromatic carbocycles. The molecule has 3 rings (SSSR count). The molecule has 1 N–H and O–H groups in total. The Labute approximate surface area is 120 Å². The first-order chi connectivity index (χ1) is 10.1. The van der Waals surface area contributed by atoms with Gasteiger partial charge in [-0.25, -0.2) is 13.5 Å². The summed E-state index contributed by atoms with van der Waals surface area (Å²) < 4.78 is 28.9. The number of β-amino-alcohol motifs (C(OH)–C–C–N with tert-alkyl or cyclic N) is 1. The van der Waals surface area contributed by atoms with Crippen molar-refractivity contribution in [2.75, 3.05) is 13.1 Å². The summed E-state index contributed by atoms with van der Waals surface area (Å²) in [5, 5.41) is 18.1. The van der Waals surface area contributed by atoms with Crippen LogP contribution in [0.5, 0.6) is 0 Å². The number of aliphatic hydroxyl groups is 1. The van der Waals surface area contributed by atoms with Crippen molar-refractivity contribution in [3.05, 3.63) is 47.8 Å². The van der Waals surface area contributed by atoms with E-state index in [0.29, 0.717) is 26.1 Å². The molecule has 1 fully saturated rings. The highest BCUT2D eigenvalue weighted by Gasteiger charge is 2.37. The summed E-state index contributed by atoms with van der Waals surface area (Å²) in [6.45, 7) is 1.40. The standard InChI is InChI=1S/C14H16F2N4O/c15-12-2-1-3-13(16)11(12)8-19-6-4-14(21,9-19)10-20-7-5-17-18-20/h1-3,5,7,21H,4,6,8-10H2/t14-/m0/s1. The van der Waals surface area contributed by atoms with Crippen LogP contribution in [0.4, 0.5) is 8.78 Å². The number of likely N-dealkylation sites (tertiary alicyclic amines) is 1. The molecule has 1 aliphatic heterocycles. The van der Waals surface area contributed by atoms with Gasteiger partial charge in [0.1, 0.15) is 11.6 Å². The van der Waals surface area contributed by atoms with Crippen molar-refractivity contribution in [1.29, 1.82) is 0 Å². The summed E-state index contributed by atoms with van der Waals surface area (Å²) in [5.74, 6) is -1.11. The number of aromatic nitrogens is 3. The Morgan fingerprint density at radius 3 is 2.71 bits per heavy atom. The first-order valence-corrected chi connectivity index (χ1v) is 6.77. The van der Waals surface area contributed by atoms with E-state index in [4.69, 9.17) is 0 Å². The highest BCUT2D eigenvalue weighted by Crippen LogP contribution is 2.25. The lowest BCUT2D eigenvalue weighted by molar-refractivity contribution is 0.0272. The third-order valence-electron chi connectivity index (χ3n) is 3.78.